The minimum atomic E-state index is -0.0231. The van der Waals surface area contributed by atoms with E-state index in [1.54, 1.807) is 18.0 Å². The van der Waals surface area contributed by atoms with Gasteiger partial charge in [-0.3, -0.25) is 4.79 Å². The molecule has 3 heteroatoms. The minimum Gasteiger partial charge on any atom is -0.398 e. The summed E-state index contributed by atoms with van der Waals surface area (Å²) in [5, 5.41) is 0. The van der Waals surface area contributed by atoms with Crippen molar-refractivity contribution < 1.29 is 4.79 Å². The van der Waals surface area contributed by atoms with E-state index < -0.39 is 0 Å². The van der Waals surface area contributed by atoms with Crippen LogP contribution in [0.4, 0.5) is 5.69 Å². The van der Waals surface area contributed by atoms with Crippen molar-refractivity contribution in [2.45, 2.75) is 13.8 Å². The summed E-state index contributed by atoms with van der Waals surface area (Å²) in [6.07, 6.45) is 0. The van der Waals surface area contributed by atoms with Gasteiger partial charge in [-0.2, -0.15) is 0 Å². The van der Waals surface area contributed by atoms with Gasteiger partial charge in [-0.15, -0.1) is 0 Å². The lowest BCUT2D eigenvalue weighted by Crippen LogP contribution is -2.26. The molecule has 0 saturated carbocycles. The van der Waals surface area contributed by atoms with Crippen molar-refractivity contribution in [3.05, 3.63) is 29.3 Å². The van der Waals surface area contributed by atoms with Crippen LogP contribution in [0.3, 0.4) is 0 Å². The van der Waals surface area contributed by atoms with Gasteiger partial charge in [0.2, 0.25) is 0 Å². The SMILES string of the molecule is CCN(C)C(=O)c1ccc(C)cc1N. The molecule has 0 spiro atoms. The second-order valence-electron chi connectivity index (χ2n) is 3.41. The second-order valence-corrected chi connectivity index (χ2v) is 3.41. The standard InChI is InChI=1S/C11H16N2O/c1-4-13(3)11(14)9-6-5-8(2)7-10(9)12/h5-7H,4,12H2,1-3H3. The van der Waals surface area contributed by atoms with Crippen LogP contribution in [0.15, 0.2) is 18.2 Å². The molecule has 1 amide bonds. The van der Waals surface area contributed by atoms with Gasteiger partial charge >= 0.3 is 0 Å². The van der Waals surface area contributed by atoms with Crippen LogP contribution < -0.4 is 5.73 Å². The first-order valence-electron chi connectivity index (χ1n) is 4.67. The van der Waals surface area contributed by atoms with Gasteiger partial charge < -0.3 is 10.6 Å². The number of nitrogen functional groups attached to an aromatic ring is 1. The molecule has 2 N–H and O–H groups in total. The largest absolute Gasteiger partial charge is 0.398 e. The molecule has 1 aromatic rings. The Kier molecular flexibility index (Phi) is 3.12. The highest BCUT2D eigenvalue weighted by Gasteiger charge is 2.12. The van der Waals surface area contributed by atoms with Gasteiger partial charge in [0, 0.05) is 19.3 Å². The van der Waals surface area contributed by atoms with Gasteiger partial charge in [-0.25, -0.2) is 0 Å². The molecule has 0 saturated heterocycles. The third kappa shape index (κ3) is 2.05. The molecule has 14 heavy (non-hydrogen) atoms. The fourth-order valence-corrected chi connectivity index (χ4v) is 1.23. The van der Waals surface area contributed by atoms with Gasteiger partial charge in [0.25, 0.3) is 5.91 Å². The molecule has 0 heterocycles. The molecule has 0 atom stereocenters. The van der Waals surface area contributed by atoms with Crippen LogP contribution >= 0.6 is 0 Å². The molecular formula is C11H16N2O. The minimum absolute atomic E-state index is 0.0231. The number of nitrogens with zero attached hydrogens (tertiary/aromatic N) is 1. The lowest BCUT2D eigenvalue weighted by molar-refractivity contribution is 0.0803. The molecule has 1 rings (SSSR count). The molecule has 0 fully saturated rings. The topological polar surface area (TPSA) is 46.3 Å². The number of carbonyl (C=O) groups is 1. The Balaban J connectivity index is 3.02. The Bertz CT molecular complexity index is 347. The van der Waals surface area contributed by atoms with E-state index in [0.717, 1.165) is 5.56 Å². The molecule has 3 nitrogen and oxygen atoms in total. The molecule has 0 aliphatic heterocycles. The van der Waals surface area contributed by atoms with Crippen LogP contribution in [0.2, 0.25) is 0 Å². The number of carbonyl (C=O) groups excluding carboxylic acids is 1. The van der Waals surface area contributed by atoms with Gasteiger partial charge in [-0.05, 0) is 31.5 Å². The summed E-state index contributed by atoms with van der Waals surface area (Å²) in [5.74, 6) is -0.0231. The quantitative estimate of drug-likeness (QED) is 0.724. The Morgan fingerprint density at radius 1 is 1.50 bits per heavy atom. The van der Waals surface area contributed by atoms with Crippen molar-refractivity contribution >= 4 is 11.6 Å². The predicted octanol–water partition coefficient (Wildman–Crippen LogP) is 1.67. The maximum atomic E-state index is 11.8. The Morgan fingerprint density at radius 2 is 2.14 bits per heavy atom. The van der Waals surface area contributed by atoms with E-state index in [4.69, 9.17) is 5.73 Å². The molecule has 0 unspecified atom stereocenters. The number of amides is 1. The van der Waals surface area contributed by atoms with Crippen molar-refractivity contribution in [1.82, 2.24) is 4.90 Å². The third-order valence-corrected chi connectivity index (χ3v) is 2.26. The normalized spacial score (nSPS) is 9.93. The highest BCUT2D eigenvalue weighted by Crippen LogP contribution is 2.15. The van der Waals surface area contributed by atoms with Gasteiger partial charge in [0.15, 0.2) is 0 Å². The Hall–Kier alpha value is -1.51. The first kappa shape index (κ1) is 10.6. The number of rotatable bonds is 2. The van der Waals surface area contributed by atoms with Crippen LogP contribution in [0.25, 0.3) is 0 Å². The number of nitrogens with two attached hydrogens (primary N) is 1. The van der Waals surface area contributed by atoms with Crippen molar-refractivity contribution in [1.29, 1.82) is 0 Å². The number of benzene rings is 1. The summed E-state index contributed by atoms with van der Waals surface area (Å²) in [7, 11) is 1.77. The predicted molar refractivity (Wildman–Crippen MR) is 58.2 cm³/mol. The summed E-state index contributed by atoms with van der Waals surface area (Å²) in [4.78, 5) is 13.4. The number of anilines is 1. The zero-order chi connectivity index (χ0) is 10.7. The summed E-state index contributed by atoms with van der Waals surface area (Å²) in [6, 6.07) is 5.49. The summed E-state index contributed by atoms with van der Waals surface area (Å²) in [6.45, 7) is 4.57. The first-order chi connectivity index (χ1) is 6.56. The maximum Gasteiger partial charge on any atom is 0.255 e. The third-order valence-electron chi connectivity index (χ3n) is 2.26. The van der Waals surface area contributed by atoms with E-state index in [-0.39, 0.29) is 5.91 Å². The lowest BCUT2D eigenvalue weighted by Gasteiger charge is -2.15. The van der Waals surface area contributed by atoms with Crippen molar-refractivity contribution in [2.75, 3.05) is 19.3 Å². The van der Waals surface area contributed by atoms with E-state index in [9.17, 15) is 4.79 Å². The lowest BCUT2D eigenvalue weighted by atomic mass is 10.1. The molecule has 76 valence electrons. The number of hydrogen-bond donors (Lipinski definition) is 1. The highest BCUT2D eigenvalue weighted by molar-refractivity contribution is 5.99. The highest BCUT2D eigenvalue weighted by atomic mass is 16.2. The van der Waals surface area contributed by atoms with Gasteiger partial charge in [0.05, 0.1) is 5.56 Å². The van der Waals surface area contributed by atoms with Crippen molar-refractivity contribution in [3.63, 3.8) is 0 Å². The fraction of sp³-hybridized carbons (Fsp3) is 0.364. The van der Waals surface area contributed by atoms with E-state index in [1.165, 1.54) is 0 Å². The van der Waals surface area contributed by atoms with Crippen LogP contribution in [0.1, 0.15) is 22.8 Å². The molecule has 1 aromatic carbocycles. The molecule has 0 aliphatic rings. The van der Waals surface area contributed by atoms with E-state index in [1.807, 2.05) is 26.0 Å². The zero-order valence-electron chi connectivity index (χ0n) is 8.87. The number of hydrogen-bond acceptors (Lipinski definition) is 2. The average Bonchev–Trinajstić information content (AvgIpc) is 2.15. The van der Waals surface area contributed by atoms with E-state index in [0.29, 0.717) is 17.8 Å². The monoisotopic (exact) mass is 192 g/mol. The zero-order valence-corrected chi connectivity index (χ0v) is 8.87. The Labute approximate surface area is 84.5 Å². The fourth-order valence-electron chi connectivity index (χ4n) is 1.23. The van der Waals surface area contributed by atoms with E-state index >= 15 is 0 Å². The van der Waals surface area contributed by atoms with Crippen LogP contribution in [0.5, 0.6) is 0 Å². The molecule has 0 bridgehead atoms. The summed E-state index contributed by atoms with van der Waals surface area (Å²) in [5.41, 5.74) is 7.97. The average molecular weight is 192 g/mol. The molecule has 0 radical (unpaired) electrons. The molecule has 0 aliphatic carbocycles. The van der Waals surface area contributed by atoms with Gasteiger partial charge in [0.1, 0.15) is 0 Å². The Morgan fingerprint density at radius 3 is 2.64 bits per heavy atom. The molecule has 0 aromatic heterocycles. The maximum absolute atomic E-state index is 11.8. The molecular weight excluding hydrogens is 176 g/mol. The van der Waals surface area contributed by atoms with Crippen molar-refractivity contribution in [2.24, 2.45) is 0 Å². The van der Waals surface area contributed by atoms with Gasteiger partial charge in [-0.1, -0.05) is 6.07 Å². The summed E-state index contributed by atoms with van der Waals surface area (Å²) < 4.78 is 0. The smallest absolute Gasteiger partial charge is 0.255 e. The summed E-state index contributed by atoms with van der Waals surface area (Å²) >= 11 is 0. The van der Waals surface area contributed by atoms with Crippen molar-refractivity contribution in [3.8, 4) is 0 Å². The van der Waals surface area contributed by atoms with Crippen LogP contribution in [0, 0.1) is 6.92 Å². The first-order valence-corrected chi connectivity index (χ1v) is 4.67. The van der Waals surface area contributed by atoms with Crippen LogP contribution in [-0.2, 0) is 0 Å². The number of aryl methyl sites for hydroxylation is 1. The van der Waals surface area contributed by atoms with E-state index in [2.05, 4.69) is 0 Å². The second kappa shape index (κ2) is 4.13. The van der Waals surface area contributed by atoms with Crippen LogP contribution in [-0.4, -0.2) is 24.4 Å².